The molecule has 18 heavy (non-hydrogen) atoms. The molecule has 2 amide bonds. The summed E-state index contributed by atoms with van der Waals surface area (Å²) in [7, 11) is 1.45. The summed E-state index contributed by atoms with van der Waals surface area (Å²) in [5.74, 6) is -0.261. The molecule has 1 aromatic heterocycles. The Morgan fingerprint density at radius 2 is 2.17 bits per heavy atom. The van der Waals surface area contributed by atoms with Crippen LogP contribution in [0.5, 0.6) is 0 Å². The first kappa shape index (κ1) is 14.1. The van der Waals surface area contributed by atoms with Gasteiger partial charge in [-0.3, -0.25) is 0 Å². The SMILES string of the molecule is CC(Cc1ccco1)NC(=O)N(C)C(C)C(=O)O. The van der Waals surface area contributed by atoms with Gasteiger partial charge in [-0.05, 0) is 26.0 Å². The van der Waals surface area contributed by atoms with Crippen LogP contribution in [0, 0.1) is 0 Å². The van der Waals surface area contributed by atoms with Crippen molar-refractivity contribution in [2.75, 3.05) is 7.05 Å². The second kappa shape index (κ2) is 6.09. The number of carboxylic acid groups (broad SMARTS) is 1. The molecule has 1 rings (SSSR count). The minimum absolute atomic E-state index is 0.132. The zero-order valence-corrected chi connectivity index (χ0v) is 10.7. The Morgan fingerprint density at radius 1 is 1.50 bits per heavy atom. The highest BCUT2D eigenvalue weighted by atomic mass is 16.4. The van der Waals surface area contributed by atoms with Crippen molar-refractivity contribution in [3.8, 4) is 0 Å². The Kier molecular flexibility index (Phi) is 4.76. The summed E-state index contributed by atoms with van der Waals surface area (Å²) in [6.07, 6.45) is 2.14. The van der Waals surface area contributed by atoms with E-state index in [1.165, 1.54) is 14.0 Å². The lowest BCUT2D eigenvalue weighted by Crippen LogP contribution is -2.48. The third kappa shape index (κ3) is 3.80. The van der Waals surface area contributed by atoms with Gasteiger partial charge in [0.15, 0.2) is 0 Å². The molecule has 0 aromatic carbocycles. The number of rotatable bonds is 5. The standard InChI is InChI=1S/C12H18N2O4/c1-8(7-10-5-4-6-18-10)13-12(17)14(3)9(2)11(15)16/h4-6,8-9H,7H2,1-3H3,(H,13,17)(H,15,16). The summed E-state index contributed by atoms with van der Waals surface area (Å²) in [6.45, 7) is 3.29. The van der Waals surface area contributed by atoms with E-state index in [0.717, 1.165) is 10.7 Å². The Morgan fingerprint density at radius 3 is 2.67 bits per heavy atom. The lowest BCUT2D eigenvalue weighted by atomic mass is 10.2. The van der Waals surface area contributed by atoms with E-state index in [9.17, 15) is 9.59 Å². The smallest absolute Gasteiger partial charge is 0.326 e. The number of amides is 2. The van der Waals surface area contributed by atoms with Crippen molar-refractivity contribution >= 4 is 12.0 Å². The monoisotopic (exact) mass is 254 g/mol. The number of nitrogens with zero attached hydrogens (tertiary/aromatic N) is 1. The van der Waals surface area contributed by atoms with Gasteiger partial charge in [-0.15, -0.1) is 0 Å². The average molecular weight is 254 g/mol. The fourth-order valence-electron chi connectivity index (χ4n) is 1.44. The molecule has 2 atom stereocenters. The van der Waals surface area contributed by atoms with E-state index in [4.69, 9.17) is 9.52 Å². The van der Waals surface area contributed by atoms with Crippen LogP contribution >= 0.6 is 0 Å². The van der Waals surface area contributed by atoms with E-state index in [1.807, 2.05) is 13.0 Å². The minimum Gasteiger partial charge on any atom is -0.480 e. The summed E-state index contributed by atoms with van der Waals surface area (Å²) in [6, 6.07) is 2.20. The van der Waals surface area contributed by atoms with E-state index >= 15 is 0 Å². The Bertz CT molecular complexity index is 402. The van der Waals surface area contributed by atoms with Gasteiger partial charge in [0, 0.05) is 19.5 Å². The zero-order chi connectivity index (χ0) is 13.7. The normalized spacial score (nSPS) is 13.7. The van der Waals surface area contributed by atoms with Gasteiger partial charge in [0.1, 0.15) is 11.8 Å². The Balaban J connectivity index is 2.46. The highest BCUT2D eigenvalue weighted by molar-refractivity contribution is 5.82. The van der Waals surface area contributed by atoms with Crippen LogP contribution in [0.1, 0.15) is 19.6 Å². The van der Waals surface area contributed by atoms with Crippen molar-refractivity contribution in [1.82, 2.24) is 10.2 Å². The molecule has 0 aliphatic rings. The van der Waals surface area contributed by atoms with E-state index in [1.54, 1.807) is 12.3 Å². The maximum absolute atomic E-state index is 11.7. The average Bonchev–Trinajstić information content (AvgIpc) is 2.79. The van der Waals surface area contributed by atoms with Crippen molar-refractivity contribution in [2.24, 2.45) is 0 Å². The van der Waals surface area contributed by atoms with Gasteiger partial charge in [0.05, 0.1) is 6.26 Å². The van der Waals surface area contributed by atoms with E-state index in [2.05, 4.69) is 5.32 Å². The molecule has 0 bridgehead atoms. The maximum Gasteiger partial charge on any atom is 0.326 e. The minimum atomic E-state index is -1.04. The van der Waals surface area contributed by atoms with Crippen LogP contribution in [0.25, 0.3) is 0 Å². The van der Waals surface area contributed by atoms with Crippen LogP contribution in [0.4, 0.5) is 4.79 Å². The summed E-state index contributed by atoms with van der Waals surface area (Å²) in [4.78, 5) is 23.7. The lowest BCUT2D eigenvalue weighted by molar-refractivity contribution is -0.141. The predicted molar refractivity (Wildman–Crippen MR) is 65.3 cm³/mol. The highest BCUT2D eigenvalue weighted by Crippen LogP contribution is 2.04. The summed E-state index contributed by atoms with van der Waals surface area (Å²) < 4.78 is 5.17. The molecule has 6 heteroatoms. The first-order valence-corrected chi connectivity index (χ1v) is 5.70. The molecule has 2 unspecified atom stereocenters. The highest BCUT2D eigenvalue weighted by Gasteiger charge is 2.22. The molecular weight excluding hydrogens is 236 g/mol. The fraction of sp³-hybridized carbons (Fsp3) is 0.500. The number of urea groups is 1. The number of nitrogens with one attached hydrogen (secondary N) is 1. The topological polar surface area (TPSA) is 82.8 Å². The van der Waals surface area contributed by atoms with Crippen molar-refractivity contribution in [3.05, 3.63) is 24.2 Å². The third-order valence-corrected chi connectivity index (χ3v) is 2.72. The molecule has 0 aliphatic carbocycles. The summed E-state index contributed by atoms with van der Waals surface area (Å²) in [5, 5.41) is 11.5. The van der Waals surface area contributed by atoms with Gasteiger partial charge in [0.25, 0.3) is 0 Å². The first-order valence-electron chi connectivity index (χ1n) is 5.70. The first-order chi connectivity index (χ1) is 8.41. The van der Waals surface area contributed by atoms with Crippen LogP contribution in [0.2, 0.25) is 0 Å². The quantitative estimate of drug-likeness (QED) is 0.830. The second-order valence-electron chi connectivity index (χ2n) is 4.26. The number of furan rings is 1. The molecule has 100 valence electrons. The number of carbonyl (C=O) groups is 2. The van der Waals surface area contributed by atoms with Crippen LogP contribution in [0.3, 0.4) is 0 Å². The predicted octanol–water partition coefficient (Wildman–Crippen LogP) is 1.33. The molecule has 0 fully saturated rings. The van der Waals surface area contributed by atoms with Gasteiger partial charge in [-0.1, -0.05) is 0 Å². The third-order valence-electron chi connectivity index (χ3n) is 2.72. The molecule has 0 radical (unpaired) electrons. The van der Waals surface area contributed by atoms with Crippen LogP contribution in [-0.2, 0) is 11.2 Å². The summed E-state index contributed by atoms with van der Waals surface area (Å²) >= 11 is 0. The Labute approximate surface area is 106 Å². The molecule has 6 nitrogen and oxygen atoms in total. The molecule has 0 saturated carbocycles. The molecule has 1 heterocycles. The van der Waals surface area contributed by atoms with Crippen molar-refractivity contribution in [2.45, 2.75) is 32.4 Å². The zero-order valence-electron chi connectivity index (χ0n) is 10.7. The van der Waals surface area contributed by atoms with Gasteiger partial charge in [-0.2, -0.15) is 0 Å². The van der Waals surface area contributed by atoms with Gasteiger partial charge in [0.2, 0.25) is 0 Å². The van der Waals surface area contributed by atoms with Crippen molar-refractivity contribution in [1.29, 1.82) is 0 Å². The molecule has 0 saturated heterocycles. The lowest BCUT2D eigenvalue weighted by Gasteiger charge is -2.24. The Hall–Kier alpha value is -1.98. The maximum atomic E-state index is 11.7. The van der Waals surface area contributed by atoms with E-state index in [-0.39, 0.29) is 6.04 Å². The van der Waals surface area contributed by atoms with Gasteiger partial charge in [-0.25, -0.2) is 9.59 Å². The molecular formula is C12H18N2O4. The van der Waals surface area contributed by atoms with Crippen LogP contribution in [0.15, 0.2) is 22.8 Å². The second-order valence-corrected chi connectivity index (χ2v) is 4.26. The number of hydrogen-bond acceptors (Lipinski definition) is 3. The van der Waals surface area contributed by atoms with Crippen LogP contribution < -0.4 is 5.32 Å². The van der Waals surface area contributed by atoms with Gasteiger partial charge >= 0.3 is 12.0 Å². The number of hydrogen-bond donors (Lipinski definition) is 2. The molecule has 1 aromatic rings. The van der Waals surface area contributed by atoms with Crippen molar-refractivity contribution < 1.29 is 19.1 Å². The molecule has 0 spiro atoms. The van der Waals surface area contributed by atoms with Crippen molar-refractivity contribution in [3.63, 3.8) is 0 Å². The van der Waals surface area contributed by atoms with Gasteiger partial charge < -0.3 is 19.7 Å². The number of carbonyl (C=O) groups excluding carboxylic acids is 1. The van der Waals surface area contributed by atoms with E-state index < -0.39 is 18.0 Å². The number of likely N-dealkylation sites (N-methyl/N-ethyl adjacent to an activating group) is 1. The molecule has 0 aliphatic heterocycles. The largest absolute Gasteiger partial charge is 0.480 e. The molecule has 2 N–H and O–H groups in total. The van der Waals surface area contributed by atoms with Crippen LogP contribution in [-0.4, -0.2) is 41.1 Å². The summed E-state index contributed by atoms with van der Waals surface area (Å²) in [5.41, 5.74) is 0. The number of carboxylic acids is 1. The number of aliphatic carboxylic acids is 1. The van der Waals surface area contributed by atoms with E-state index in [0.29, 0.717) is 6.42 Å². The fourth-order valence-corrected chi connectivity index (χ4v) is 1.44.